The lowest BCUT2D eigenvalue weighted by atomic mass is 9.74. The predicted octanol–water partition coefficient (Wildman–Crippen LogP) is 4.04. The van der Waals surface area contributed by atoms with E-state index in [9.17, 15) is 0 Å². The van der Waals surface area contributed by atoms with Crippen molar-refractivity contribution in [2.24, 2.45) is 17.4 Å². The average Bonchev–Trinajstić information content (AvgIpc) is 2.53. The Morgan fingerprint density at radius 2 is 1.73 bits per heavy atom. The van der Waals surface area contributed by atoms with Gasteiger partial charge in [-0.05, 0) is 51.4 Å². The van der Waals surface area contributed by atoms with Crippen LogP contribution in [0.4, 0.5) is 0 Å². The summed E-state index contributed by atoms with van der Waals surface area (Å²) in [5, 5.41) is 5.21. The van der Waals surface area contributed by atoms with Crippen LogP contribution >= 0.6 is 0 Å². The fourth-order valence-corrected chi connectivity index (χ4v) is 4.04. The van der Waals surface area contributed by atoms with Crippen LogP contribution in [0.15, 0.2) is 48.5 Å². The number of rotatable bonds is 1. The van der Waals surface area contributed by atoms with Crippen molar-refractivity contribution < 1.29 is 0 Å². The van der Waals surface area contributed by atoms with Gasteiger partial charge >= 0.3 is 0 Å². The second-order valence-electron chi connectivity index (χ2n) is 6.70. The molecule has 4 N–H and O–H groups in total. The molecule has 0 aromatic heterocycles. The first-order chi connectivity index (χ1) is 10.6. The van der Waals surface area contributed by atoms with E-state index in [0.717, 1.165) is 24.8 Å². The molecule has 3 aromatic rings. The third-order valence-corrected chi connectivity index (χ3v) is 5.24. The Labute approximate surface area is 131 Å². The zero-order valence-electron chi connectivity index (χ0n) is 13.0. The van der Waals surface area contributed by atoms with Crippen LogP contribution in [0.1, 0.15) is 30.9 Å². The molecule has 2 nitrogen and oxygen atoms in total. The number of hydrogen-bond acceptors (Lipinski definition) is 2. The number of benzene rings is 3. The van der Waals surface area contributed by atoms with Crippen molar-refractivity contribution in [3.63, 3.8) is 0 Å². The first-order valence-corrected chi connectivity index (χ1v) is 8.12. The van der Waals surface area contributed by atoms with E-state index >= 15 is 0 Å². The number of fused-ring (bicyclic) bond motifs is 5. The van der Waals surface area contributed by atoms with E-state index in [0.29, 0.717) is 5.92 Å². The number of nitrogens with two attached hydrogens (primary N) is 2. The second-order valence-corrected chi connectivity index (χ2v) is 6.70. The van der Waals surface area contributed by atoms with E-state index in [1.165, 1.54) is 27.1 Å². The van der Waals surface area contributed by atoms with Crippen LogP contribution in [0, 0.1) is 5.92 Å². The zero-order chi connectivity index (χ0) is 15.3. The molecule has 0 aliphatic heterocycles. The third kappa shape index (κ3) is 1.95. The van der Waals surface area contributed by atoms with Crippen LogP contribution in [-0.4, -0.2) is 0 Å². The summed E-state index contributed by atoms with van der Waals surface area (Å²) in [7, 11) is 0. The Morgan fingerprint density at radius 3 is 2.55 bits per heavy atom. The van der Waals surface area contributed by atoms with Crippen molar-refractivity contribution >= 4 is 21.5 Å². The van der Waals surface area contributed by atoms with Crippen molar-refractivity contribution in [3.8, 4) is 0 Å². The fraction of sp³-hybridized carbons (Fsp3) is 0.300. The Morgan fingerprint density at radius 1 is 0.955 bits per heavy atom. The molecule has 2 heteroatoms. The topological polar surface area (TPSA) is 52.0 Å². The third-order valence-electron chi connectivity index (χ3n) is 5.24. The summed E-state index contributed by atoms with van der Waals surface area (Å²) in [5.74, 6) is 0.569. The minimum absolute atomic E-state index is 0.569. The van der Waals surface area contributed by atoms with Crippen molar-refractivity contribution in [1.82, 2.24) is 0 Å². The van der Waals surface area contributed by atoms with Gasteiger partial charge in [0.25, 0.3) is 0 Å². The van der Waals surface area contributed by atoms with Crippen LogP contribution in [0.3, 0.4) is 0 Å². The van der Waals surface area contributed by atoms with Gasteiger partial charge in [-0.2, -0.15) is 0 Å². The predicted molar refractivity (Wildman–Crippen MR) is 93.6 cm³/mol. The molecule has 0 saturated carbocycles. The molecule has 4 rings (SSSR count). The number of hydrogen-bond donors (Lipinski definition) is 2. The highest BCUT2D eigenvalue weighted by molar-refractivity contribution is 6.08. The fourth-order valence-electron chi connectivity index (χ4n) is 4.04. The summed E-state index contributed by atoms with van der Waals surface area (Å²) in [4.78, 5) is 0. The largest absolute Gasteiger partial charge is 0.310 e. The van der Waals surface area contributed by atoms with E-state index < -0.39 is 5.66 Å². The van der Waals surface area contributed by atoms with Gasteiger partial charge in [-0.25, -0.2) is 0 Å². The summed E-state index contributed by atoms with van der Waals surface area (Å²) >= 11 is 0. The normalized spacial score (nSPS) is 20.2. The van der Waals surface area contributed by atoms with Gasteiger partial charge in [-0.3, -0.25) is 0 Å². The standard InChI is InChI=1S/C20H22N2/c1-2-13-11-18-17-8-7-14-5-3-4-6-15(14)16(17)9-10-19(18)20(21,22)12-13/h3-10,13H,2,11-12,21-22H2,1H3. The van der Waals surface area contributed by atoms with Crippen LogP contribution in [0.5, 0.6) is 0 Å². The molecule has 0 amide bonds. The molecule has 22 heavy (non-hydrogen) atoms. The van der Waals surface area contributed by atoms with Gasteiger partial charge < -0.3 is 11.5 Å². The molecule has 3 aromatic carbocycles. The smallest absolute Gasteiger partial charge is 0.0905 e. The Bertz CT molecular complexity index is 864. The van der Waals surface area contributed by atoms with Gasteiger partial charge in [0.2, 0.25) is 0 Å². The molecular weight excluding hydrogens is 268 g/mol. The van der Waals surface area contributed by atoms with Crippen LogP contribution in [0.2, 0.25) is 0 Å². The van der Waals surface area contributed by atoms with Gasteiger partial charge in [-0.15, -0.1) is 0 Å². The highest BCUT2D eigenvalue weighted by Gasteiger charge is 2.34. The lowest BCUT2D eigenvalue weighted by Gasteiger charge is -2.37. The summed E-state index contributed by atoms with van der Waals surface area (Å²) in [6.07, 6.45) is 3.08. The van der Waals surface area contributed by atoms with E-state index in [1.807, 2.05) is 0 Å². The molecule has 1 atom stereocenters. The first-order valence-electron chi connectivity index (χ1n) is 8.12. The minimum Gasteiger partial charge on any atom is -0.310 e. The van der Waals surface area contributed by atoms with E-state index in [-0.39, 0.29) is 0 Å². The van der Waals surface area contributed by atoms with Crippen molar-refractivity contribution in [2.75, 3.05) is 0 Å². The monoisotopic (exact) mass is 290 g/mol. The van der Waals surface area contributed by atoms with Gasteiger partial charge in [0.1, 0.15) is 0 Å². The Balaban J connectivity index is 2.06. The second kappa shape index (κ2) is 4.80. The van der Waals surface area contributed by atoms with Gasteiger partial charge in [0.05, 0.1) is 5.66 Å². The molecule has 1 aliphatic carbocycles. The summed E-state index contributed by atoms with van der Waals surface area (Å²) in [6.45, 7) is 2.23. The van der Waals surface area contributed by atoms with E-state index in [1.54, 1.807) is 0 Å². The zero-order valence-corrected chi connectivity index (χ0v) is 13.0. The molecule has 1 unspecified atom stereocenters. The lowest BCUT2D eigenvalue weighted by Crippen LogP contribution is -2.50. The lowest BCUT2D eigenvalue weighted by molar-refractivity contribution is 0.295. The van der Waals surface area contributed by atoms with Crippen LogP contribution in [-0.2, 0) is 12.1 Å². The summed E-state index contributed by atoms with van der Waals surface area (Å²) in [5.41, 5.74) is 14.7. The molecule has 0 heterocycles. The summed E-state index contributed by atoms with van der Waals surface area (Å²) < 4.78 is 0. The SMILES string of the molecule is CCC1Cc2c(ccc3c2ccc2ccccc23)C(N)(N)C1. The van der Waals surface area contributed by atoms with Gasteiger partial charge in [0.15, 0.2) is 0 Å². The quantitative estimate of drug-likeness (QED) is 0.525. The highest BCUT2D eigenvalue weighted by Crippen LogP contribution is 2.39. The Kier molecular flexibility index (Phi) is 3.00. The van der Waals surface area contributed by atoms with Crippen molar-refractivity contribution in [3.05, 3.63) is 59.7 Å². The first kappa shape index (κ1) is 13.7. The molecular formula is C20H22N2. The maximum Gasteiger partial charge on any atom is 0.0905 e. The average molecular weight is 290 g/mol. The molecule has 0 fully saturated rings. The molecule has 0 spiro atoms. The van der Waals surface area contributed by atoms with Gasteiger partial charge in [0, 0.05) is 0 Å². The maximum absolute atomic E-state index is 6.44. The molecule has 0 bridgehead atoms. The Hall–Kier alpha value is -1.90. The van der Waals surface area contributed by atoms with E-state index in [4.69, 9.17) is 11.5 Å². The van der Waals surface area contributed by atoms with Crippen molar-refractivity contribution in [1.29, 1.82) is 0 Å². The van der Waals surface area contributed by atoms with E-state index in [2.05, 4.69) is 55.5 Å². The summed E-state index contributed by atoms with van der Waals surface area (Å²) in [6, 6.07) is 17.3. The molecule has 1 aliphatic rings. The van der Waals surface area contributed by atoms with Gasteiger partial charge in [-0.1, -0.05) is 61.9 Å². The molecule has 0 radical (unpaired) electrons. The minimum atomic E-state index is -0.700. The molecule has 112 valence electrons. The highest BCUT2D eigenvalue weighted by atomic mass is 15.0. The van der Waals surface area contributed by atoms with Crippen LogP contribution in [0.25, 0.3) is 21.5 Å². The maximum atomic E-state index is 6.44. The van der Waals surface area contributed by atoms with Crippen LogP contribution < -0.4 is 11.5 Å². The van der Waals surface area contributed by atoms with Crippen molar-refractivity contribution in [2.45, 2.75) is 31.8 Å². The molecule has 0 saturated heterocycles.